The molecule has 0 aliphatic heterocycles. The second-order valence-electron chi connectivity index (χ2n) is 5.71. The van der Waals surface area contributed by atoms with E-state index in [4.69, 9.17) is 4.74 Å². The van der Waals surface area contributed by atoms with Crippen molar-refractivity contribution >= 4 is 11.6 Å². The molecule has 0 atom stereocenters. The Balaban J connectivity index is 1.94. The van der Waals surface area contributed by atoms with Gasteiger partial charge in [-0.3, -0.25) is 0 Å². The first-order valence-corrected chi connectivity index (χ1v) is 7.89. The molecule has 6 heteroatoms. The molecule has 1 N–H and O–H groups in total. The number of ether oxygens (including phenoxy) is 1. The van der Waals surface area contributed by atoms with Gasteiger partial charge in [0, 0.05) is 25.0 Å². The summed E-state index contributed by atoms with van der Waals surface area (Å²) in [5.74, 6) is 1.45. The van der Waals surface area contributed by atoms with Gasteiger partial charge in [-0.1, -0.05) is 18.2 Å². The van der Waals surface area contributed by atoms with E-state index in [1.165, 1.54) is 0 Å². The van der Waals surface area contributed by atoms with Crippen molar-refractivity contribution in [2.45, 2.75) is 26.5 Å². The van der Waals surface area contributed by atoms with Crippen LogP contribution in [0.5, 0.6) is 0 Å². The number of hydrogen-bond acceptors (Lipinski definition) is 5. The Morgan fingerprint density at radius 2 is 1.92 bits per heavy atom. The first-order valence-electron chi connectivity index (χ1n) is 7.89. The highest BCUT2D eigenvalue weighted by Gasteiger charge is 2.15. The molecule has 3 aromatic rings. The minimum atomic E-state index is 0.258. The average Bonchev–Trinajstić information content (AvgIpc) is 3.00. The van der Waals surface area contributed by atoms with E-state index >= 15 is 0 Å². The van der Waals surface area contributed by atoms with Crippen molar-refractivity contribution < 1.29 is 4.74 Å². The van der Waals surface area contributed by atoms with Crippen molar-refractivity contribution in [3.8, 4) is 11.4 Å². The van der Waals surface area contributed by atoms with Crippen LogP contribution in [0.1, 0.15) is 25.7 Å². The molecule has 0 saturated heterocycles. The van der Waals surface area contributed by atoms with Crippen LogP contribution in [0.25, 0.3) is 11.4 Å². The summed E-state index contributed by atoms with van der Waals surface area (Å²) in [6.07, 6.45) is 3.59. The van der Waals surface area contributed by atoms with Crippen LogP contribution in [0, 0.1) is 0 Å². The van der Waals surface area contributed by atoms with Crippen LogP contribution in [0.4, 0.5) is 11.6 Å². The van der Waals surface area contributed by atoms with Crippen LogP contribution >= 0.6 is 0 Å². The van der Waals surface area contributed by atoms with E-state index in [2.05, 4.69) is 38.7 Å². The second-order valence-corrected chi connectivity index (χ2v) is 5.71. The summed E-state index contributed by atoms with van der Waals surface area (Å²) >= 11 is 0. The van der Waals surface area contributed by atoms with Crippen molar-refractivity contribution in [3.63, 3.8) is 0 Å². The summed E-state index contributed by atoms with van der Waals surface area (Å²) in [5.41, 5.74) is 2.73. The zero-order chi connectivity index (χ0) is 16.9. The number of anilines is 2. The van der Waals surface area contributed by atoms with E-state index < -0.39 is 0 Å². The molecule has 2 aromatic heterocycles. The number of nitrogens with one attached hydrogen (secondary N) is 1. The van der Waals surface area contributed by atoms with E-state index in [-0.39, 0.29) is 6.04 Å². The highest BCUT2D eigenvalue weighted by molar-refractivity contribution is 5.59. The van der Waals surface area contributed by atoms with Gasteiger partial charge < -0.3 is 14.6 Å². The van der Waals surface area contributed by atoms with Crippen molar-refractivity contribution in [2.24, 2.45) is 0 Å². The third-order valence-corrected chi connectivity index (χ3v) is 3.61. The Kier molecular flexibility index (Phi) is 4.86. The van der Waals surface area contributed by atoms with Crippen LogP contribution in [-0.2, 0) is 11.3 Å². The topological polar surface area (TPSA) is 64.9 Å². The van der Waals surface area contributed by atoms with Crippen molar-refractivity contribution in [2.75, 3.05) is 12.4 Å². The van der Waals surface area contributed by atoms with Gasteiger partial charge in [-0.2, -0.15) is 0 Å². The second kappa shape index (κ2) is 7.23. The predicted molar refractivity (Wildman–Crippen MR) is 94.1 cm³/mol. The van der Waals surface area contributed by atoms with Gasteiger partial charge in [-0.15, -0.1) is 0 Å². The fourth-order valence-corrected chi connectivity index (χ4v) is 2.61. The molecule has 6 nitrogen and oxygen atoms in total. The molecular formula is C18H21N5O. The Labute approximate surface area is 141 Å². The number of imidazole rings is 1. The van der Waals surface area contributed by atoms with Gasteiger partial charge >= 0.3 is 0 Å². The highest BCUT2D eigenvalue weighted by Crippen LogP contribution is 2.24. The zero-order valence-electron chi connectivity index (χ0n) is 14.1. The number of para-hydroxylation sites is 1. The molecule has 0 bridgehead atoms. The number of hydrogen-bond donors (Lipinski definition) is 1. The van der Waals surface area contributed by atoms with Gasteiger partial charge in [-0.05, 0) is 32.0 Å². The molecule has 0 spiro atoms. The maximum atomic E-state index is 5.24. The van der Waals surface area contributed by atoms with Gasteiger partial charge in [0.25, 0.3) is 0 Å². The highest BCUT2D eigenvalue weighted by atomic mass is 16.5. The lowest BCUT2D eigenvalue weighted by molar-refractivity contribution is 0.173. The summed E-state index contributed by atoms with van der Waals surface area (Å²) in [6, 6.07) is 12.0. The van der Waals surface area contributed by atoms with Gasteiger partial charge in [0.05, 0.1) is 17.6 Å². The fraction of sp³-hybridized carbons (Fsp3) is 0.278. The molecular weight excluding hydrogens is 302 g/mol. The summed E-state index contributed by atoms with van der Waals surface area (Å²) in [6.45, 7) is 4.71. The van der Waals surface area contributed by atoms with Crippen LogP contribution in [0.3, 0.4) is 0 Å². The molecule has 0 aliphatic rings. The van der Waals surface area contributed by atoms with Crippen LogP contribution in [-0.4, -0.2) is 26.6 Å². The van der Waals surface area contributed by atoms with Crippen molar-refractivity contribution in [1.82, 2.24) is 19.5 Å². The summed E-state index contributed by atoms with van der Waals surface area (Å²) < 4.78 is 7.38. The number of benzene rings is 1. The molecule has 0 unspecified atom stereocenters. The Morgan fingerprint density at radius 1 is 1.12 bits per heavy atom. The summed E-state index contributed by atoms with van der Waals surface area (Å²) in [7, 11) is 1.67. The lowest BCUT2D eigenvalue weighted by Crippen LogP contribution is -2.09. The smallest absolute Gasteiger partial charge is 0.227 e. The first kappa shape index (κ1) is 16.1. The third kappa shape index (κ3) is 3.44. The van der Waals surface area contributed by atoms with Crippen LogP contribution in [0.2, 0.25) is 0 Å². The van der Waals surface area contributed by atoms with Gasteiger partial charge in [0.2, 0.25) is 5.95 Å². The predicted octanol–water partition coefficient (Wildman–Crippen LogP) is 3.81. The number of aromatic nitrogens is 4. The number of methoxy groups -OCH3 is 1. The zero-order valence-corrected chi connectivity index (χ0v) is 14.1. The van der Waals surface area contributed by atoms with E-state index in [1.807, 2.05) is 42.6 Å². The largest absolute Gasteiger partial charge is 0.377 e. The number of rotatable bonds is 6. The summed E-state index contributed by atoms with van der Waals surface area (Å²) in [4.78, 5) is 13.4. The van der Waals surface area contributed by atoms with Crippen molar-refractivity contribution in [3.05, 3.63) is 54.6 Å². The average molecular weight is 323 g/mol. The molecule has 124 valence electrons. The molecule has 0 amide bonds. The minimum Gasteiger partial charge on any atom is -0.377 e. The normalized spacial score (nSPS) is 11.0. The molecule has 2 heterocycles. The van der Waals surface area contributed by atoms with Crippen LogP contribution < -0.4 is 5.32 Å². The molecule has 0 aliphatic carbocycles. The molecule has 0 radical (unpaired) electrons. The molecule has 1 aromatic carbocycles. The van der Waals surface area contributed by atoms with Gasteiger partial charge in [0.1, 0.15) is 12.4 Å². The molecule has 0 fully saturated rings. The fourth-order valence-electron chi connectivity index (χ4n) is 2.61. The Hall–Kier alpha value is -2.73. The van der Waals surface area contributed by atoms with Gasteiger partial charge in [0.15, 0.2) is 0 Å². The van der Waals surface area contributed by atoms with Crippen LogP contribution in [0.15, 0.2) is 48.8 Å². The van der Waals surface area contributed by atoms with E-state index in [0.717, 1.165) is 22.9 Å². The first-order chi connectivity index (χ1) is 11.7. The quantitative estimate of drug-likeness (QED) is 0.747. The minimum absolute atomic E-state index is 0.258. The Bertz CT molecular complexity index is 798. The van der Waals surface area contributed by atoms with Gasteiger partial charge in [-0.25, -0.2) is 15.0 Å². The lowest BCUT2D eigenvalue weighted by atomic mass is 10.2. The lowest BCUT2D eigenvalue weighted by Gasteiger charge is -2.15. The maximum absolute atomic E-state index is 5.24. The summed E-state index contributed by atoms with van der Waals surface area (Å²) in [5, 5.41) is 3.22. The SMILES string of the molecule is COCc1ncc(-c2ccnc(Nc3ccccc3)n2)n1C(C)C. The number of nitrogens with zero attached hydrogens (tertiary/aromatic N) is 4. The monoisotopic (exact) mass is 323 g/mol. The Morgan fingerprint density at radius 3 is 2.62 bits per heavy atom. The third-order valence-electron chi connectivity index (χ3n) is 3.61. The standard InChI is InChI=1S/C18H21N5O/c1-13(2)23-16(11-20-17(23)12-24-3)15-9-10-19-18(22-15)21-14-7-5-4-6-8-14/h4-11,13H,12H2,1-3H3,(H,19,21,22). The van der Waals surface area contributed by atoms with E-state index in [1.54, 1.807) is 13.3 Å². The molecule has 0 saturated carbocycles. The maximum Gasteiger partial charge on any atom is 0.227 e. The van der Waals surface area contributed by atoms with E-state index in [0.29, 0.717) is 12.6 Å². The van der Waals surface area contributed by atoms with Crippen molar-refractivity contribution in [1.29, 1.82) is 0 Å². The molecule has 24 heavy (non-hydrogen) atoms. The van der Waals surface area contributed by atoms with E-state index in [9.17, 15) is 0 Å². The molecule has 3 rings (SSSR count).